The number of hydrogen-bond acceptors (Lipinski definition) is 3. The monoisotopic (exact) mass is 215 g/mol. The van der Waals surface area contributed by atoms with Gasteiger partial charge in [0.15, 0.2) is 6.29 Å². The summed E-state index contributed by atoms with van der Waals surface area (Å²) >= 11 is 0. The van der Waals surface area contributed by atoms with Crippen molar-refractivity contribution >= 4 is 6.29 Å². The second-order valence-electron chi connectivity index (χ2n) is 3.80. The van der Waals surface area contributed by atoms with E-state index in [0.29, 0.717) is 17.9 Å². The zero-order chi connectivity index (χ0) is 11.4. The number of carbonyl (C=O) groups is 1. The van der Waals surface area contributed by atoms with E-state index in [1.807, 2.05) is 18.2 Å². The third kappa shape index (κ3) is 2.34. The van der Waals surface area contributed by atoms with E-state index in [1.165, 1.54) is 5.56 Å². The van der Waals surface area contributed by atoms with Gasteiger partial charge in [0.1, 0.15) is 5.69 Å². The number of hydrogen-bond donors (Lipinski definition) is 0. The lowest BCUT2D eigenvalue weighted by Crippen LogP contribution is -2.06. The summed E-state index contributed by atoms with van der Waals surface area (Å²) in [6.45, 7) is 2.85. The van der Waals surface area contributed by atoms with Crippen LogP contribution in [0.1, 0.15) is 28.9 Å². The summed E-state index contributed by atoms with van der Waals surface area (Å²) < 4.78 is 1.70. The van der Waals surface area contributed by atoms with Crippen LogP contribution in [0.4, 0.5) is 0 Å². The molecule has 1 atom stereocenters. The van der Waals surface area contributed by atoms with Gasteiger partial charge in [0, 0.05) is 12.5 Å². The molecule has 0 unspecified atom stereocenters. The molecule has 1 heterocycles. The molecule has 0 saturated carbocycles. The number of aldehydes is 1. The van der Waals surface area contributed by atoms with Crippen LogP contribution in [0.25, 0.3) is 0 Å². The van der Waals surface area contributed by atoms with E-state index in [1.54, 1.807) is 10.9 Å². The Bertz CT molecular complexity index is 464. The number of benzene rings is 1. The molecule has 0 aliphatic rings. The van der Waals surface area contributed by atoms with Crippen LogP contribution in [0.3, 0.4) is 0 Å². The molecule has 0 bridgehead atoms. The van der Waals surface area contributed by atoms with Gasteiger partial charge in [-0.15, -0.1) is 5.10 Å². The fourth-order valence-electron chi connectivity index (χ4n) is 1.62. The Hall–Kier alpha value is -1.97. The number of aromatic nitrogens is 3. The van der Waals surface area contributed by atoms with Crippen molar-refractivity contribution in [3.8, 4) is 0 Å². The van der Waals surface area contributed by atoms with Crippen molar-refractivity contribution in [1.82, 2.24) is 15.0 Å². The molecule has 0 saturated heterocycles. The van der Waals surface area contributed by atoms with Crippen molar-refractivity contribution in [2.45, 2.75) is 19.4 Å². The van der Waals surface area contributed by atoms with Crippen molar-refractivity contribution in [2.75, 3.05) is 0 Å². The van der Waals surface area contributed by atoms with Crippen LogP contribution in [0.15, 0.2) is 36.5 Å². The first kappa shape index (κ1) is 10.5. The van der Waals surface area contributed by atoms with Crippen molar-refractivity contribution in [3.05, 3.63) is 47.8 Å². The first-order chi connectivity index (χ1) is 7.79. The Kier molecular flexibility index (Phi) is 3.10. The molecule has 0 radical (unpaired) electrons. The Morgan fingerprint density at radius 3 is 2.75 bits per heavy atom. The highest BCUT2D eigenvalue weighted by atomic mass is 16.1. The van der Waals surface area contributed by atoms with Gasteiger partial charge < -0.3 is 0 Å². The van der Waals surface area contributed by atoms with E-state index < -0.39 is 0 Å². The van der Waals surface area contributed by atoms with Crippen molar-refractivity contribution < 1.29 is 4.79 Å². The Morgan fingerprint density at radius 1 is 1.38 bits per heavy atom. The van der Waals surface area contributed by atoms with Gasteiger partial charge in [-0.05, 0) is 5.56 Å². The molecule has 1 aromatic carbocycles. The molecular weight excluding hydrogens is 202 g/mol. The smallest absolute Gasteiger partial charge is 0.171 e. The van der Waals surface area contributed by atoms with Crippen LogP contribution >= 0.6 is 0 Å². The molecule has 0 amide bonds. The van der Waals surface area contributed by atoms with E-state index in [-0.39, 0.29) is 0 Å². The third-order valence-corrected chi connectivity index (χ3v) is 2.51. The van der Waals surface area contributed by atoms with E-state index in [4.69, 9.17) is 0 Å². The largest absolute Gasteiger partial charge is 0.296 e. The van der Waals surface area contributed by atoms with E-state index >= 15 is 0 Å². The van der Waals surface area contributed by atoms with Crippen molar-refractivity contribution in [2.24, 2.45) is 0 Å². The first-order valence-corrected chi connectivity index (χ1v) is 5.20. The van der Waals surface area contributed by atoms with Crippen LogP contribution in [-0.2, 0) is 6.54 Å². The van der Waals surface area contributed by atoms with Gasteiger partial charge in [-0.2, -0.15) is 0 Å². The minimum absolute atomic E-state index is 0.349. The average Bonchev–Trinajstić information content (AvgIpc) is 2.78. The maximum absolute atomic E-state index is 10.5. The minimum Gasteiger partial charge on any atom is -0.296 e. The normalized spacial score (nSPS) is 12.3. The molecule has 0 aliphatic carbocycles. The summed E-state index contributed by atoms with van der Waals surface area (Å²) in [5, 5.41) is 7.61. The van der Waals surface area contributed by atoms with Gasteiger partial charge in [0.25, 0.3) is 0 Å². The summed E-state index contributed by atoms with van der Waals surface area (Å²) in [5.41, 5.74) is 1.63. The van der Waals surface area contributed by atoms with Gasteiger partial charge in [0.05, 0.1) is 6.20 Å². The van der Waals surface area contributed by atoms with Crippen LogP contribution in [0.5, 0.6) is 0 Å². The SMILES string of the molecule is C[C@H](Cn1cc(C=O)nn1)c1ccccc1. The highest BCUT2D eigenvalue weighted by molar-refractivity contribution is 5.70. The lowest BCUT2D eigenvalue weighted by Gasteiger charge is -2.10. The molecular formula is C12H13N3O. The molecule has 2 aromatic rings. The maximum Gasteiger partial charge on any atom is 0.171 e. The Balaban J connectivity index is 2.07. The summed E-state index contributed by atoms with van der Waals surface area (Å²) in [6, 6.07) is 10.2. The lowest BCUT2D eigenvalue weighted by atomic mass is 10.0. The first-order valence-electron chi connectivity index (χ1n) is 5.20. The fraction of sp³-hybridized carbons (Fsp3) is 0.250. The van der Waals surface area contributed by atoms with Gasteiger partial charge >= 0.3 is 0 Å². The van der Waals surface area contributed by atoms with E-state index in [0.717, 1.165) is 6.54 Å². The molecule has 4 nitrogen and oxygen atoms in total. The number of rotatable bonds is 4. The van der Waals surface area contributed by atoms with Gasteiger partial charge in [0.2, 0.25) is 0 Å². The minimum atomic E-state index is 0.349. The Morgan fingerprint density at radius 2 is 2.12 bits per heavy atom. The molecule has 0 spiro atoms. The van der Waals surface area contributed by atoms with Crippen LogP contribution in [0, 0.1) is 0 Å². The van der Waals surface area contributed by atoms with Crippen LogP contribution in [0.2, 0.25) is 0 Å². The molecule has 82 valence electrons. The van der Waals surface area contributed by atoms with Crippen molar-refractivity contribution in [1.29, 1.82) is 0 Å². The second kappa shape index (κ2) is 4.70. The standard InChI is InChI=1S/C12H13N3O/c1-10(11-5-3-2-4-6-11)7-15-8-12(9-16)13-14-15/h2-6,8-10H,7H2,1H3/t10-/m1/s1. The lowest BCUT2D eigenvalue weighted by molar-refractivity contribution is 0.111. The van der Waals surface area contributed by atoms with Crippen LogP contribution < -0.4 is 0 Å². The van der Waals surface area contributed by atoms with Gasteiger partial charge in [-0.25, -0.2) is 0 Å². The van der Waals surface area contributed by atoms with Crippen molar-refractivity contribution in [3.63, 3.8) is 0 Å². The average molecular weight is 215 g/mol. The topological polar surface area (TPSA) is 47.8 Å². The predicted octanol–water partition coefficient (Wildman–Crippen LogP) is 1.89. The third-order valence-electron chi connectivity index (χ3n) is 2.51. The molecule has 0 aliphatic heterocycles. The Labute approximate surface area is 93.9 Å². The molecule has 2 rings (SSSR count). The summed E-state index contributed by atoms with van der Waals surface area (Å²) in [7, 11) is 0. The predicted molar refractivity (Wildman–Crippen MR) is 60.3 cm³/mol. The molecule has 1 aromatic heterocycles. The fourth-order valence-corrected chi connectivity index (χ4v) is 1.62. The zero-order valence-electron chi connectivity index (χ0n) is 9.08. The van der Waals surface area contributed by atoms with Crippen LogP contribution in [-0.4, -0.2) is 21.3 Å². The van der Waals surface area contributed by atoms with Gasteiger partial charge in [-0.3, -0.25) is 9.48 Å². The molecule has 0 N–H and O–H groups in total. The second-order valence-corrected chi connectivity index (χ2v) is 3.80. The zero-order valence-corrected chi connectivity index (χ0v) is 9.08. The van der Waals surface area contributed by atoms with E-state index in [2.05, 4.69) is 29.4 Å². The highest BCUT2D eigenvalue weighted by Crippen LogP contribution is 2.16. The molecule has 0 fully saturated rings. The quantitative estimate of drug-likeness (QED) is 0.732. The van der Waals surface area contributed by atoms with E-state index in [9.17, 15) is 4.79 Å². The van der Waals surface area contributed by atoms with Gasteiger partial charge in [-0.1, -0.05) is 42.5 Å². The highest BCUT2D eigenvalue weighted by Gasteiger charge is 2.07. The molecule has 16 heavy (non-hydrogen) atoms. The summed E-state index contributed by atoms with van der Waals surface area (Å²) in [6.07, 6.45) is 2.36. The summed E-state index contributed by atoms with van der Waals surface area (Å²) in [4.78, 5) is 10.5. The summed E-state index contributed by atoms with van der Waals surface area (Å²) in [5.74, 6) is 0.349. The number of nitrogens with zero attached hydrogens (tertiary/aromatic N) is 3. The number of carbonyl (C=O) groups excluding carboxylic acids is 1. The maximum atomic E-state index is 10.5. The molecule has 4 heteroatoms.